The second-order valence-corrected chi connectivity index (χ2v) is 8.95. The van der Waals surface area contributed by atoms with E-state index in [-0.39, 0.29) is 56.7 Å². The van der Waals surface area contributed by atoms with E-state index in [1.54, 1.807) is 0 Å². The number of pyridine rings is 1. The summed E-state index contributed by atoms with van der Waals surface area (Å²) in [6.07, 6.45) is -1.29. The number of hydrogen-bond acceptors (Lipinski definition) is 6. The van der Waals surface area contributed by atoms with E-state index < -0.39 is 11.7 Å². The average Bonchev–Trinajstić information content (AvgIpc) is 3.52. The highest BCUT2D eigenvalue weighted by Crippen LogP contribution is 2.37. The van der Waals surface area contributed by atoms with E-state index >= 15 is 0 Å². The van der Waals surface area contributed by atoms with Gasteiger partial charge in [-0.05, 0) is 18.6 Å². The van der Waals surface area contributed by atoms with Gasteiger partial charge in [0.2, 0.25) is 11.7 Å². The van der Waals surface area contributed by atoms with Crippen molar-refractivity contribution in [2.24, 2.45) is 0 Å². The van der Waals surface area contributed by atoms with Crippen molar-refractivity contribution in [1.82, 2.24) is 24.8 Å². The number of carbonyl (C=O) groups is 1. The second-order valence-electron chi connectivity index (χ2n) is 7.73. The molecule has 1 fully saturated rings. The molecule has 0 bridgehead atoms. The zero-order valence-electron chi connectivity index (χ0n) is 17.4. The molecule has 1 saturated heterocycles. The number of nitrogens with zero attached hydrogens (tertiary/aromatic N) is 4. The van der Waals surface area contributed by atoms with Crippen LogP contribution in [-0.2, 0) is 11.0 Å². The number of halogens is 6. The number of benzene rings is 1. The highest BCUT2D eigenvalue weighted by atomic mass is 35.5. The molecule has 1 aliphatic heterocycles. The maximum Gasteiger partial charge on any atom is 0.417 e. The lowest BCUT2D eigenvalue weighted by atomic mass is 10.2. The van der Waals surface area contributed by atoms with E-state index in [2.05, 4.69) is 20.4 Å². The minimum atomic E-state index is -4.57. The molecule has 5 rings (SSSR count). The summed E-state index contributed by atoms with van der Waals surface area (Å²) >= 11 is 18.7. The fourth-order valence-electron chi connectivity index (χ4n) is 3.55. The quantitative estimate of drug-likeness (QED) is 0.346. The highest BCUT2D eigenvalue weighted by molar-refractivity contribution is 6.36. The van der Waals surface area contributed by atoms with E-state index in [1.807, 2.05) is 0 Å². The van der Waals surface area contributed by atoms with Crippen LogP contribution in [0.15, 0.2) is 35.1 Å². The van der Waals surface area contributed by atoms with Crippen LogP contribution in [0.25, 0.3) is 28.6 Å². The van der Waals surface area contributed by atoms with Gasteiger partial charge in [-0.1, -0.05) is 40.0 Å². The number of rotatable bonds is 5. The monoisotopic (exact) mass is 545 g/mol. The van der Waals surface area contributed by atoms with E-state index in [1.165, 1.54) is 18.3 Å². The molecule has 4 heterocycles. The van der Waals surface area contributed by atoms with Crippen LogP contribution < -0.4 is 10.1 Å². The Balaban J connectivity index is 1.40. The first-order valence-corrected chi connectivity index (χ1v) is 11.2. The molecule has 0 unspecified atom stereocenters. The van der Waals surface area contributed by atoms with Crippen LogP contribution in [0.1, 0.15) is 18.4 Å². The molecule has 1 aliphatic rings. The van der Waals surface area contributed by atoms with Crippen molar-refractivity contribution in [2.45, 2.75) is 25.1 Å². The van der Waals surface area contributed by atoms with E-state index in [9.17, 15) is 18.0 Å². The van der Waals surface area contributed by atoms with Gasteiger partial charge < -0.3 is 19.0 Å². The lowest BCUT2D eigenvalue weighted by Crippen LogP contribution is -2.30. The summed E-state index contributed by atoms with van der Waals surface area (Å²) in [5, 5.41) is 6.90. The number of nitrogens with one attached hydrogen (secondary N) is 1. The molecule has 0 aliphatic carbocycles. The lowest BCUT2D eigenvalue weighted by molar-refractivity contribution is -0.137. The summed E-state index contributed by atoms with van der Waals surface area (Å²) in [6.45, 7) is 0.234. The average molecular weight is 547 g/mol. The lowest BCUT2D eigenvalue weighted by Gasteiger charge is -2.14. The van der Waals surface area contributed by atoms with Gasteiger partial charge >= 0.3 is 6.18 Å². The van der Waals surface area contributed by atoms with Crippen LogP contribution in [-0.4, -0.2) is 38.1 Å². The minimum absolute atomic E-state index is 0.0119. The molecule has 0 saturated carbocycles. The first-order valence-electron chi connectivity index (χ1n) is 10.1. The maximum atomic E-state index is 13.1. The summed E-state index contributed by atoms with van der Waals surface area (Å²) in [5.74, 6) is 0.314. The van der Waals surface area contributed by atoms with Gasteiger partial charge in [-0.3, -0.25) is 4.79 Å². The first-order chi connectivity index (χ1) is 16.6. The van der Waals surface area contributed by atoms with Crippen LogP contribution >= 0.6 is 34.8 Å². The van der Waals surface area contributed by atoms with Crippen LogP contribution in [0.5, 0.6) is 5.75 Å². The van der Waals surface area contributed by atoms with Gasteiger partial charge in [-0.15, -0.1) is 0 Å². The summed E-state index contributed by atoms with van der Waals surface area (Å²) in [5.41, 5.74) is -0.367. The Morgan fingerprint density at radius 1 is 1.11 bits per heavy atom. The van der Waals surface area contributed by atoms with E-state index in [0.717, 1.165) is 16.7 Å². The topological polar surface area (TPSA) is 94.5 Å². The van der Waals surface area contributed by atoms with Gasteiger partial charge in [0.25, 0.3) is 5.89 Å². The van der Waals surface area contributed by atoms with Crippen molar-refractivity contribution in [2.75, 3.05) is 6.61 Å². The third-order valence-corrected chi connectivity index (χ3v) is 6.15. The summed E-state index contributed by atoms with van der Waals surface area (Å²) in [4.78, 5) is 19.8. The van der Waals surface area contributed by atoms with Gasteiger partial charge in [-0.2, -0.15) is 18.2 Å². The molecule has 1 amide bonds. The van der Waals surface area contributed by atoms with Crippen molar-refractivity contribution >= 4 is 46.4 Å². The molecule has 14 heteroatoms. The highest BCUT2D eigenvalue weighted by Gasteiger charge is 2.32. The predicted octanol–water partition coefficient (Wildman–Crippen LogP) is 5.69. The van der Waals surface area contributed by atoms with Crippen LogP contribution in [0.3, 0.4) is 0 Å². The number of fused-ring (bicyclic) bond motifs is 1. The molecule has 3 aromatic heterocycles. The number of amides is 1. The normalized spacial score (nSPS) is 16.2. The number of carbonyl (C=O) groups excluding carboxylic acids is 1. The molecule has 0 radical (unpaired) electrons. The molecule has 8 nitrogen and oxygen atoms in total. The third kappa shape index (κ3) is 4.75. The molecular formula is C21H13Cl3F3N5O3. The van der Waals surface area contributed by atoms with Gasteiger partial charge in [0, 0.05) is 24.9 Å². The second kappa shape index (κ2) is 8.89. The molecule has 0 spiro atoms. The minimum Gasteiger partial charge on any atom is -0.490 e. The third-order valence-electron chi connectivity index (χ3n) is 5.27. The fourth-order valence-corrected chi connectivity index (χ4v) is 4.26. The van der Waals surface area contributed by atoms with Gasteiger partial charge in [0.1, 0.15) is 18.1 Å². The standard InChI is InChI=1S/C21H13Cl3F3N5O3/c22-12-5-16(34-8-10-1-2-17(33)28-10)13(23)4-11(12)20-30-18(31-35-20)15-7-32-6-9(21(25,26)27)3-14(24)19(32)29-15/h3-7,10H,1-2,8H2,(H,28,33)/t10-/m0/s1. The summed E-state index contributed by atoms with van der Waals surface area (Å²) < 4.78 is 51.3. The number of hydrogen-bond donors (Lipinski definition) is 1. The molecule has 1 N–H and O–H groups in total. The summed E-state index contributed by atoms with van der Waals surface area (Å²) in [6, 6.07) is 3.66. The zero-order valence-corrected chi connectivity index (χ0v) is 19.6. The van der Waals surface area contributed by atoms with Crippen LogP contribution in [0.2, 0.25) is 15.1 Å². The van der Waals surface area contributed by atoms with E-state index in [0.29, 0.717) is 24.2 Å². The smallest absolute Gasteiger partial charge is 0.417 e. The Hall–Kier alpha value is -3.02. The van der Waals surface area contributed by atoms with Crippen molar-refractivity contribution in [1.29, 1.82) is 0 Å². The molecule has 35 heavy (non-hydrogen) atoms. The Bertz CT molecular complexity index is 1450. The molecule has 4 aromatic rings. The predicted molar refractivity (Wildman–Crippen MR) is 121 cm³/mol. The number of imidazole rings is 1. The molecule has 182 valence electrons. The molecule has 1 atom stereocenters. The van der Waals surface area contributed by atoms with Crippen LogP contribution in [0.4, 0.5) is 13.2 Å². The Morgan fingerprint density at radius 3 is 2.63 bits per heavy atom. The van der Waals surface area contributed by atoms with Gasteiger partial charge in [-0.25, -0.2) is 4.98 Å². The molecule has 1 aromatic carbocycles. The fraction of sp³-hybridized carbons (Fsp3) is 0.238. The largest absolute Gasteiger partial charge is 0.490 e. The summed E-state index contributed by atoms with van der Waals surface area (Å²) in [7, 11) is 0. The number of ether oxygens (including phenoxy) is 1. The first kappa shape index (κ1) is 23.7. The number of alkyl halides is 3. The number of aromatic nitrogens is 4. The van der Waals surface area contributed by atoms with Crippen molar-refractivity contribution in [3.8, 4) is 28.7 Å². The van der Waals surface area contributed by atoms with Crippen molar-refractivity contribution < 1.29 is 27.2 Å². The van der Waals surface area contributed by atoms with Crippen molar-refractivity contribution in [3.63, 3.8) is 0 Å². The van der Waals surface area contributed by atoms with Crippen molar-refractivity contribution in [3.05, 3.63) is 51.2 Å². The Morgan fingerprint density at radius 2 is 1.91 bits per heavy atom. The van der Waals surface area contributed by atoms with E-state index in [4.69, 9.17) is 44.1 Å². The van der Waals surface area contributed by atoms with Crippen LogP contribution in [0, 0.1) is 0 Å². The van der Waals surface area contributed by atoms with Gasteiger partial charge in [0.15, 0.2) is 5.65 Å². The Labute approximate surface area is 209 Å². The van der Waals surface area contributed by atoms with Gasteiger partial charge in [0.05, 0.1) is 32.2 Å². The molecular weight excluding hydrogens is 534 g/mol. The zero-order chi connectivity index (χ0) is 24.9. The maximum absolute atomic E-state index is 13.1. The SMILES string of the molecule is O=C1CC[C@@H](COc2cc(Cl)c(-c3nc(-c4cn5cc(C(F)(F)F)cc(Cl)c5n4)no3)cc2Cl)N1. The Kier molecular flexibility index (Phi) is 6.02.